The van der Waals surface area contributed by atoms with Gasteiger partial charge in [0.25, 0.3) is 0 Å². The quantitative estimate of drug-likeness (QED) is 0.869. The molecule has 94 valence electrons. The van der Waals surface area contributed by atoms with Gasteiger partial charge in [-0.2, -0.15) is 0 Å². The predicted molar refractivity (Wildman–Crippen MR) is 69.4 cm³/mol. The lowest BCUT2D eigenvalue weighted by molar-refractivity contribution is 0.391. The van der Waals surface area contributed by atoms with Crippen LogP contribution in [0.2, 0.25) is 0 Å². The lowest BCUT2D eigenvalue weighted by Gasteiger charge is -2.19. The fraction of sp³-hybridized carbons (Fsp3) is 0.643. The summed E-state index contributed by atoms with van der Waals surface area (Å²) in [4.78, 5) is 4.52. The number of nitrogens with one attached hydrogen (secondary N) is 1. The van der Waals surface area contributed by atoms with Crippen molar-refractivity contribution in [3.05, 3.63) is 23.4 Å². The number of nitrogens with zero attached hydrogens (tertiary/aromatic N) is 1. The molecule has 3 nitrogen and oxygen atoms in total. The second-order valence-corrected chi connectivity index (χ2v) is 5.81. The summed E-state index contributed by atoms with van der Waals surface area (Å²) in [6, 6.07) is 4.93. The number of hydrogen-bond donors (Lipinski definition) is 1. The van der Waals surface area contributed by atoms with Crippen LogP contribution in [0.15, 0.2) is 12.1 Å². The number of ether oxygens (including phenoxy) is 1. The van der Waals surface area contributed by atoms with Gasteiger partial charge < -0.3 is 10.1 Å². The molecule has 3 heteroatoms. The normalized spacial score (nSPS) is 16.0. The van der Waals surface area contributed by atoms with Crippen molar-refractivity contribution >= 4 is 0 Å². The smallest absolute Gasteiger partial charge is 0.213 e. The summed E-state index contributed by atoms with van der Waals surface area (Å²) >= 11 is 0. The molecule has 0 aliphatic heterocycles. The third-order valence-electron chi connectivity index (χ3n) is 3.01. The SMILES string of the molecule is COc1cc(CNC2CC2)cc(C(C)(C)C)n1. The molecule has 1 aromatic rings. The number of methoxy groups -OCH3 is 1. The van der Waals surface area contributed by atoms with Crippen LogP contribution in [0.25, 0.3) is 0 Å². The molecule has 0 spiro atoms. The maximum Gasteiger partial charge on any atom is 0.213 e. The highest BCUT2D eigenvalue weighted by atomic mass is 16.5. The van der Waals surface area contributed by atoms with Crippen molar-refractivity contribution in [2.24, 2.45) is 0 Å². The molecular weight excluding hydrogens is 212 g/mol. The van der Waals surface area contributed by atoms with Crippen molar-refractivity contribution in [3.8, 4) is 5.88 Å². The summed E-state index contributed by atoms with van der Waals surface area (Å²) in [7, 11) is 1.67. The summed E-state index contributed by atoms with van der Waals surface area (Å²) in [5.74, 6) is 0.713. The molecule has 0 bridgehead atoms. The Kier molecular flexibility index (Phi) is 3.38. The Labute approximate surface area is 104 Å². The van der Waals surface area contributed by atoms with Crippen LogP contribution >= 0.6 is 0 Å². The van der Waals surface area contributed by atoms with Crippen molar-refractivity contribution in [2.45, 2.75) is 51.6 Å². The van der Waals surface area contributed by atoms with Crippen molar-refractivity contribution < 1.29 is 4.74 Å². The Morgan fingerprint density at radius 3 is 2.59 bits per heavy atom. The highest BCUT2D eigenvalue weighted by Crippen LogP contribution is 2.25. The van der Waals surface area contributed by atoms with Crippen LogP contribution in [0, 0.1) is 0 Å². The first-order valence-electron chi connectivity index (χ1n) is 6.28. The molecule has 1 saturated carbocycles. The molecule has 0 atom stereocenters. The molecule has 0 amide bonds. The maximum atomic E-state index is 5.27. The average molecular weight is 234 g/mol. The van der Waals surface area contributed by atoms with Crippen molar-refractivity contribution in [1.29, 1.82) is 0 Å². The number of aromatic nitrogens is 1. The fourth-order valence-electron chi connectivity index (χ4n) is 1.70. The van der Waals surface area contributed by atoms with E-state index in [1.165, 1.54) is 18.4 Å². The van der Waals surface area contributed by atoms with E-state index in [0.717, 1.165) is 18.3 Å². The third kappa shape index (κ3) is 3.43. The largest absolute Gasteiger partial charge is 0.481 e. The molecule has 0 unspecified atom stereocenters. The van der Waals surface area contributed by atoms with Gasteiger partial charge in [0.05, 0.1) is 12.8 Å². The molecule has 0 saturated heterocycles. The van der Waals surface area contributed by atoms with Crippen molar-refractivity contribution in [2.75, 3.05) is 7.11 Å². The topological polar surface area (TPSA) is 34.1 Å². The molecule has 0 radical (unpaired) electrons. The standard InChI is InChI=1S/C14H22N2O/c1-14(2,3)12-7-10(8-13(16-12)17-4)9-15-11-5-6-11/h7-8,11,15H,5-6,9H2,1-4H3. The van der Waals surface area contributed by atoms with E-state index in [9.17, 15) is 0 Å². The van der Waals surface area contributed by atoms with E-state index in [-0.39, 0.29) is 5.41 Å². The molecule has 2 rings (SSSR count). The van der Waals surface area contributed by atoms with Gasteiger partial charge in [0.15, 0.2) is 0 Å². The van der Waals surface area contributed by atoms with E-state index < -0.39 is 0 Å². The van der Waals surface area contributed by atoms with Crippen LogP contribution in [0.4, 0.5) is 0 Å². The lowest BCUT2D eigenvalue weighted by atomic mass is 9.91. The zero-order chi connectivity index (χ0) is 12.5. The maximum absolute atomic E-state index is 5.27. The van der Waals surface area contributed by atoms with Crippen LogP contribution in [-0.2, 0) is 12.0 Å². The van der Waals surface area contributed by atoms with E-state index >= 15 is 0 Å². The zero-order valence-corrected chi connectivity index (χ0v) is 11.2. The molecule has 1 fully saturated rings. The predicted octanol–water partition coefficient (Wildman–Crippen LogP) is 2.64. The monoisotopic (exact) mass is 234 g/mol. The van der Waals surface area contributed by atoms with Gasteiger partial charge in [0.1, 0.15) is 0 Å². The fourth-order valence-corrected chi connectivity index (χ4v) is 1.70. The highest BCUT2D eigenvalue weighted by Gasteiger charge is 2.21. The van der Waals surface area contributed by atoms with Gasteiger partial charge >= 0.3 is 0 Å². The summed E-state index contributed by atoms with van der Waals surface area (Å²) in [5.41, 5.74) is 2.40. The molecular formula is C14H22N2O. The highest BCUT2D eigenvalue weighted by molar-refractivity contribution is 5.28. The summed E-state index contributed by atoms with van der Waals surface area (Å²) < 4.78 is 5.27. The van der Waals surface area contributed by atoms with E-state index in [2.05, 4.69) is 37.1 Å². The number of rotatable bonds is 4. The molecule has 0 aromatic carbocycles. The van der Waals surface area contributed by atoms with Gasteiger partial charge in [-0.05, 0) is 24.5 Å². The first kappa shape index (κ1) is 12.4. The van der Waals surface area contributed by atoms with Gasteiger partial charge in [-0.3, -0.25) is 0 Å². The van der Waals surface area contributed by atoms with Gasteiger partial charge in [-0.1, -0.05) is 20.8 Å². The van der Waals surface area contributed by atoms with E-state index in [4.69, 9.17) is 4.74 Å². The lowest BCUT2D eigenvalue weighted by Crippen LogP contribution is -2.18. The molecule has 1 heterocycles. The summed E-state index contributed by atoms with van der Waals surface area (Å²) in [5, 5.41) is 3.52. The zero-order valence-electron chi connectivity index (χ0n) is 11.2. The van der Waals surface area contributed by atoms with E-state index in [0.29, 0.717) is 5.88 Å². The van der Waals surface area contributed by atoms with Crippen LogP contribution in [-0.4, -0.2) is 18.1 Å². The van der Waals surface area contributed by atoms with Gasteiger partial charge in [-0.25, -0.2) is 4.98 Å². The number of pyridine rings is 1. The van der Waals surface area contributed by atoms with Crippen molar-refractivity contribution in [3.63, 3.8) is 0 Å². The van der Waals surface area contributed by atoms with Crippen LogP contribution in [0.5, 0.6) is 5.88 Å². The minimum atomic E-state index is 0.0584. The van der Waals surface area contributed by atoms with Crippen LogP contribution in [0.3, 0.4) is 0 Å². The Hall–Kier alpha value is -1.09. The van der Waals surface area contributed by atoms with Crippen molar-refractivity contribution in [1.82, 2.24) is 10.3 Å². The second kappa shape index (κ2) is 4.65. The average Bonchev–Trinajstić information content (AvgIpc) is 3.08. The minimum absolute atomic E-state index is 0.0584. The first-order chi connectivity index (χ1) is 7.99. The molecule has 17 heavy (non-hydrogen) atoms. The Morgan fingerprint density at radius 1 is 1.35 bits per heavy atom. The second-order valence-electron chi connectivity index (χ2n) is 5.81. The number of hydrogen-bond acceptors (Lipinski definition) is 3. The van der Waals surface area contributed by atoms with Crippen LogP contribution < -0.4 is 10.1 Å². The Morgan fingerprint density at radius 2 is 2.06 bits per heavy atom. The first-order valence-corrected chi connectivity index (χ1v) is 6.28. The van der Waals surface area contributed by atoms with Gasteiger partial charge in [0.2, 0.25) is 5.88 Å². The third-order valence-corrected chi connectivity index (χ3v) is 3.01. The molecule has 1 aliphatic rings. The van der Waals surface area contributed by atoms with E-state index in [1.807, 2.05) is 6.07 Å². The molecule has 1 N–H and O–H groups in total. The van der Waals surface area contributed by atoms with E-state index in [1.54, 1.807) is 7.11 Å². The van der Waals surface area contributed by atoms with Gasteiger partial charge in [0, 0.05) is 24.1 Å². The summed E-state index contributed by atoms with van der Waals surface area (Å²) in [6.45, 7) is 7.43. The molecule has 1 aliphatic carbocycles. The van der Waals surface area contributed by atoms with Crippen LogP contribution in [0.1, 0.15) is 44.9 Å². The molecule has 1 aromatic heterocycles. The minimum Gasteiger partial charge on any atom is -0.481 e. The summed E-state index contributed by atoms with van der Waals surface area (Å²) in [6.07, 6.45) is 2.63. The Bertz CT molecular complexity index is 392. The Balaban J connectivity index is 2.18. The van der Waals surface area contributed by atoms with Gasteiger partial charge in [-0.15, -0.1) is 0 Å².